The number of hydrogen-bond donors (Lipinski definition) is 1. The highest BCUT2D eigenvalue weighted by molar-refractivity contribution is 6.25. The summed E-state index contributed by atoms with van der Waals surface area (Å²) in [5, 5.41) is 0. The molecule has 2 N–H and O–H groups in total. The highest BCUT2D eigenvalue weighted by Gasteiger charge is 2.01. The van der Waals surface area contributed by atoms with Crippen molar-refractivity contribution in [1.29, 1.82) is 0 Å². The molecule has 0 aliphatic carbocycles. The van der Waals surface area contributed by atoms with Gasteiger partial charge in [0, 0.05) is 17.3 Å². The van der Waals surface area contributed by atoms with Crippen LogP contribution >= 0.6 is 11.6 Å². The van der Waals surface area contributed by atoms with Crippen molar-refractivity contribution < 1.29 is 9.13 Å². The molecule has 13 heavy (non-hydrogen) atoms. The lowest BCUT2D eigenvalue weighted by Crippen LogP contribution is -1.96. The van der Waals surface area contributed by atoms with Gasteiger partial charge in [0.15, 0.2) is 11.6 Å². The zero-order valence-electron chi connectivity index (χ0n) is 6.84. The number of anilines is 1. The van der Waals surface area contributed by atoms with Gasteiger partial charge in [-0.2, -0.15) is 0 Å². The maximum absolute atomic E-state index is 13.0. The van der Waals surface area contributed by atoms with E-state index in [-0.39, 0.29) is 12.4 Å². The molecule has 0 aliphatic rings. The Morgan fingerprint density at radius 1 is 1.54 bits per heavy atom. The normalized spacial score (nSPS) is 10.6. The number of benzene rings is 1. The maximum atomic E-state index is 13.0. The summed E-state index contributed by atoms with van der Waals surface area (Å²) in [4.78, 5) is 0. The van der Waals surface area contributed by atoms with Crippen molar-refractivity contribution in [2.45, 2.75) is 0 Å². The minimum atomic E-state index is -0.469. The second-order valence-corrected chi connectivity index (χ2v) is 2.61. The molecule has 0 spiro atoms. The van der Waals surface area contributed by atoms with Crippen molar-refractivity contribution in [3.05, 3.63) is 35.6 Å². The van der Waals surface area contributed by atoms with E-state index in [4.69, 9.17) is 22.1 Å². The molecule has 4 heteroatoms. The number of nitrogen functional groups attached to an aromatic ring is 1. The fourth-order valence-electron chi connectivity index (χ4n) is 0.808. The topological polar surface area (TPSA) is 35.2 Å². The number of rotatable bonds is 3. The monoisotopic (exact) mass is 201 g/mol. The third kappa shape index (κ3) is 2.95. The molecule has 0 saturated heterocycles. The summed E-state index contributed by atoms with van der Waals surface area (Å²) in [5.41, 5.74) is 7.04. The lowest BCUT2D eigenvalue weighted by Gasteiger charge is -2.04. The standard InChI is InChI=1S/C9H9ClFNO/c10-4-1-5-13-9-3-2-7(12)6-8(9)11/h1-4,6H,5,12H2/b4-1+. The van der Waals surface area contributed by atoms with Gasteiger partial charge in [0.2, 0.25) is 0 Å². The molecular formula is C9H9ClFNO. The Bertz CT molecular complexity index is 314. The third-order valence-corrected chi connectivity index (χ3v) is 1.56. The van der Waals surface area contributed by atoms with E-state index in [9.17, 15) is 4.39 Å². The Hall–Kier alpha value is -1.22. The molecule has 2 nitrogen and oxygen atoms in total. The summed E-state index contributed by atoms with van der Waals surface area (Å²) >= 11 is 5.26. The Labute approximate surface area is 80.8 Å². The first-order valence-corrected chi connectivity index (χ1v) is 4.10. The van der Waals surface area contributed by atoms with Crippen LogP contribution < -0.4 is 10.5 Å². The fourth-order valence-corrected chi connectivity index (χ4v) is 0.881. The Kier molecular flexibility index (Phi) is 3.58. The van der Waals surface area contributed by atoms with Crippen LogP contribution in [0.25, 0.3) is 0 Å². The molecule has 1 aromatic rings. The maximum Gasteiger partial charge on any atom is 0.167 e. The van der Waals surface area contributed by atoms with E-state index in [1.54, 1.807) is 12.1 Å². The Morgan fingerprint density at radius 2 is 2.31 bits per heavy atom. The van der Waals surface area contributed by atoms with Crippen molar-refractivity contribution in [1.82, 2.24) is 0 Å². The summed E-state index contributed by atoms with van der Waals surface area (Å²) in [6.07, 6.45) is 1.57. The van der Waals surface area contributed by atoms with Gasteiger partial charge in [-0.3, -0.25) is 0 Å². The first-order valence-electron chi connectivity index (χ1n) is 3.67. The van der Waals surface area contributed by atoms with Crippen LogP contribution in [-0.2, 0) is 0 Å². The van der Waals surface area contributed by atoms with Crippen LogP contribution in [0.4, 0.5) is 10.1 Å². The molecule has 0 aliphatic heterocycles. The zero-order valence-corrected chi connectivity index (χ0v) is 7.59. The molecule has 0 fully saturated rings. The van der Waals surface area contributed by atoms with E-state index in [1.165, 1.54) is 17.7 Å². The van der Waals surface area contributed by atoms with Crippen LogP contribution in [0.3, 0.4) is 0 Å². The van der Waals surface area contributed by atoms with Crippen LogP contribution in [0.1, 0.15) is 0 Å². The summed E-state index contributed by atoms with van der Waals surface area (Å²) < 4.78 is 18.0. The fraction of sp³-hybridized carbons (Fsp3) is 0.111. The van der Waals surface area contributed by atoms with Crippen LogP contribution in [0.5, 0.6) is 5.75 Å². The minimum Gasteiger partial charge on any atom is -0.486 e. The van der Waals surface area contributed by atoms with Gasteiger partial charge < -0.3 is 10.5 Å². The number of ether oxygens (including phenoxy) is 1. The number of nitrogens with two attached hydrogens (primary N) is 1. The van der Waals surface area contributed by atoms with Crippen LogP contribution in [0, 0.1) is 5.82 Å². The highest BCUT2D eigenvalue weighted by Crippen LogP contribution is 2.19. The molecule has 1 aromatic carbocycles. The van der Waals surface area contributed by atoms with E-state index < -0.39 is 5.82 Å². The Morgan fingerprint density at radius 3 is 2.92 bits per heavy atom. The molecule has 0 saturated carbocycles. The quantitative estimate of drug-likeness (QED) is 0.763. The summed E-state index contributed by atoms with van der Waals surface area (Å²) in [6, 6.07) is 4.26. The van der Waals surface area contributed by atoms with E-state index in [1.807, 2.05) is 0 Å². The summed E-state index contributed by atoms with van der Waals surface area (Å²) in [6.45, 7) is 0.240. The molecule has 0 heterocycles. The van der Waals surface area contributed by atoms with Crippen molar-refractivity contribution >= 4 is 17.3 Å². The van der Waals surface area contributed by atoms with Crippen LogP contribution in [0.2, 0.25) is 0 Å². The SMILES string of the molecule is Nc1ccc(OC/C=C/Cl)c(F)c1. The summed E-state index contributed by atoms with van der Waals surface area (Å²) in [7, 11) is 0. The predicted octanol–water partition coefficient (Wildman–Crippen LogP) is 2.54. The number of hydrogen-bond acceptors (Lipinski definition) is 2. The van der Waals surface area contributed by atoms with Gasteiger partial charge in [0.05, 0.1) is 0 Å². The van der Waals surface area contributed by atoms with Crippen LogP contribution in [-0.4, -0.2) is 6.61 Å². The average Bonchev–Trinajstić information content (AvgIpc) is 2.09. The molecule has 0 amide bonds. The van der Waals surface area contributed by atoms with Gasteiger partial charge in [0.1, 0.15) is 6.61 Å². The van der Waals surface area contributed by atoms with Crippen molar-refractivity contribution in [2.24, 2.45) is 0 Å². The molecule has 0 atom stereocenters. The van der Waals surface area contributed by atoms with Gasteiger partial charge in [-0.25, -0.2) is 4.39 Å². The molecule has 0 radical (unpaired) electrons. The second kappa shape index (κ2) is 4.72. The predicted molar refractivity (Wildman–Crippen MR) is 51.3 cm³/mol. The third-order valence-electron chi connectivity index (χ3n) is 1.38. The van der Waals surface area contributed by atoms with E-state index in [0.29, 0.717) is 5.69 Å². The molecular weight excluding hydrogens is 193 g/mol. The zero-order chi connectivity index (χ0) is 9.68. The molecule has 0 unspecified atom stereocenters. The molecule has 70 valence electrons. The number of halogens is 2. The van der Waals surface area contributed by atoms with Gasteiger partial charge in [-0.05, 0) is 18.2 Å². The van der Waals surface area contributed by atoms with Crippen molar-refractivity contribution in [2.75, 3.05) is 12.3 Å². The van der Waals surface area contributed by atoms with Gasteiger partial charge in [0.25, 0.3) is 0 Å². The van der Waals surface area contributed by atoms with Crippen molar-refractivity contribution in [3.8, 4) is 5.75 Å². The first kappa shape index (κ1) is 9.86. The average molecular weight is 202 g/mol. The minimum absolute atomic E-state index is 0.170. The van der Waals surface area contributed by atoms with E-state index >= 15 is 0 Å². The molecule has 0 aromatic heterocycles. The lowest BCUT2D eigenvalue weighted by atomic mass is 10.3. The largest absolute Gasteiger partial charge is 0.486 e. The van der Waals surface area contributed by atoms with Crippen LogP contribution in [0.15, 0.2) is 29.8 Å². The molecule has 0 bridgehead atoms. The summed E-state index contributed by atoms with van der Waals surface area (Å²) in [5.74, 6) is -0.299. The first-order chi connectivity index (χ1) is 6.24. The highest BCUT2D eigenvalue weighted by atomic mass is 35.5. The van der Waals surface area contributed by atoms with Gasteiger partial charge >= 0.3 is 0 Å². The van der Waals surface area contributed by atoms with E-state index in [2.05, 4.69) is 0 Å². The Balaban J connectivity index is 2.66. The second-order valence-electron chi connectivity index (χ2n) is 2.36. The van der Waals surface area contributed by atoms with Gasteiger partial charge in [-0.1, -0.05) is 11.6 Å². The van der Waals surface area contributed by atoms with Gasteiger partial charge in [-0.15, -0.1) is 0 Å². The molecule has 1 rings (SSSR count). The van der Waals surface area contributed by atoms with E-state index in [0.717, 1.165) is 0 Å². The smallest absolute Gasteiger partial charge is 0.167 e. The lowest BCUT2D eigenvalue weighted by molar-refractivity contribution is 0.342. The van der Waals surface area contributed by atoms with Crippen molar-refractivity contribution in [3.63, 3.8) is 0 Å².